The molecule has 0 spiro atoms. The van der Waals surface area contributed by atoms with E-state index in [0.29, 0.717) is 10.7 Å². The molecule has 3 aromatic rings. The fourth-order valence-corrected chi connectivity index (χ4v) is 3.47. The standard InChI is InChI=1S/C20H13ClF5N5O4/c1-8-14(9(17(32)27-2)6-12-15(8)35-20(25,26)34-12)29-18(33)11-7-13(19(22,23)24)30-31(11)16-10(21)4-3-5-28-16/h3-7H,1-2H3,(H,27,32)(H,29,33). The number of ether oxygens (including phenoxy) is 2. The molecule has 0 fully saturated rings. The molecular weight excluding hydrogens is 505 g/mol. The van der Waals surface area contributed by atoms with Crippen LogP contribution in [0.15, 0.2) is 30.5 Å². The van der Waals surface area contributed by atoms with Crippen molar-refractivity contribution in [2.75, 3.05) is 12.4 Å². The highest BCUT2D eigenvalue weighted by molar-refractivity contribution is 6.32. The van der Waals surface area contributed by atoms with E-state index in [9.17, 15) is 31.5 Å². The lowest BCUT2D eigenvalue weighted by atomic mass is 10.0. The van der Waals surface area contributed by atoms with Crippen molar-refractivity contribution in [3.05, 3.63) is 58.0 Å². The minimum atomic E-state index is -4.92. The van der Waals surface area contributed by atoms with Crippen molar-refractivity contribution < 1.29 is 41.0 Å². The van der Waals surface area contributed by atoms with Crippen molar-refractivity contribution in [1.82, 2.24) is 20.1 Å². The third kappa shape index (κ3) is 4.43. The number of nitrogens with zero attached hydrogens (tertiary/aromatic N) is 3. The Morgan fingerprint density at radius 3 is 2.51 bits per heavy atom. The molecule has 0 saturated carbocycles. The SMILES string of the molecule is CNC(=O)c1cc2c(c(C)c1NC(=O)c1cc(C(F)(F)F)nn1-c1ncccc1Cl)OC(F)(F)O2. The first-order valence-electron chi connectivity index (χ1n) is 9.57. The minimum Gasteiger partial charge on any atom is -0.395 e. The summed E-state index contributed by atoms with van der Waals surface area (Å²) in [4.78, 5) is 29.4. The van der Waals surface area contributed by atoms with Gasteiger partial charge in [0.2, 0.25) is 0 Å². The second kappa shape index (κ2) is 8.37. The van der Waals surface area contributed by atoms with Crippen molar-refractivity contribution in [2.24, 2.45) is 0 Å². The molecule has 0 atom stereocenters. The Morgan fingerprint density at radius 2 is 1.89 bits per heavy atom. The van der Waals surface area contributed by atoms with E-state index in [1.165, 1.54) is 32.3 Å². The van der Waals surface area contributed by atoms with Gasteiger partial charge in [0.15, 0.2) is 23.0 Å². The Bertz CT molecular complexity index is 1360. The number of carbonyl (C=O) groups excluding carboxylic acids is 2. The summed E-state index contributed by atoms with van der Waals surface area (Å²) in [7, 11) is 1.25. The number of carbonyl (C=O) groups is 2. The van der Waals surface area contributed by atoms with Gasteiger partial charge in [0.25, 0.3) is 11.8 Å². The Kier molecular flexibility index (Phi) is 5.79. The lowest BCUT2D eigenvalue weighted by molar-refractivity contribution is -0.286. The average Bonchev–Trinajstić information content (AvgIpc) is 3.36. The van der Waals surface area contributed by atoms with Crippen LogP contribution in [0.3, 0.4) is 0 Å². The Morgan fingerprint density at radius 1 is 1.17 bits per heavy atom. The van der Waals surface area contributed by atoms with Gasteiger partial charge in [0.05, 0.1) is 16.3 Å². The third-order valence-corrected chi connectivity index (χ3v) is 5.11. The van der Waals surface area contributed by atoms with E-state index in [0.717, 1.165) is 6.07 Å². The molecule has 0 bridgehead atoms. The molecule has 1 aliphatic heterocycles. The van der Waals surface area contributed by atoms with Gasteiger partial charge in [-0.25, -0.2) is 9.67 Å². The number of nitrogens with one attached hydrogen (secondary N) is 2. The Labute approximate surface area is 197 Å². The molecule has 1 aliphatic rings. The van der Waals surface area contributed by atoms with E-state index in [4.69, 9.17) is 11.6 Å². The van der Waals surface area contributed by atoms with E-state index >= 15 is 0 Å². The van der Waals surface area contributed by atoms with Gasteiger partial charge in [-0.15, -0.1) is 8.78 Å². The first-order valence-corrected chi connectivity index (χ1v) is 9.95. The molecule has 4 rings (SSSR count). The molecule has 2 aromatic heterocycles. The molecule has 2 amide bonds. The van der Waals surface area contributed by atoms with Crippen LogP contribution in [-0.2, 0) is 6.18 Å². The number of hydrogen-bond acceptors (Lipinski definition) is 6. The van der Waals surface area contributed by atoms with Gasteiger partial charge in [-0.3, -0.25) is 9.59 Å². The van der Waals surface area contributed by atoms with E-state index in [2.05, 4.69) is 30.2 Å². The molecule has 3 heterocycles. The fraction of sp³-hybridized carbons (Fsp3) is 0.200. The predicted molar refractivity (Wildman–Crippen MR) is 110 cm³/mol. The largest absolute Gasteiger partial charge is 0.586 e. The molecule has 0 radical (unpaired) electrons. The first kappa shape index (κ1) is 24.2. The van der Waals surface area contributed by atoms with Crippen molar-refractivity contribution in [1.29, 1.82) is 0 Å². The van der Waals surface area contributed by atoms with Crippen molar-refractivity contribution in [2.45, 2.75) is 19.4 Å². The van der Waals surface area contributed by atoms with Gasteiger partial charge in [0.1, 0.15) is 5.69 Å². The number of benzene rings is 1. The van der Waals surface area contributed by atoms with Gasteiger partial charge in [-0.05, 0) is 25.1 Å². The maximum absolute atomic E-state index is 13.6. The van der Waals surface area contributed by atoms with E-state index in [1.807, 2.05) is 0 Å². The topological polar surface area (TPSA) is 107 Å². The maximum Gasteiger partial charge on any atom is 0.586 e. The third-order valence-electron chi connectivity index (χ3n) is 4.82. The molecule has 2 N–H and O–H groups in total. The molecule has 0 unspecified atom stereocenters. The summed E-state index contributed by atoms with van der Waals surface area (Å²) in [6, 6.07) is 4.11. The number of aromatic nitrogens is 3. The number of rotatable bonds is 4. The number of anilines is 1. The smallest absolute Gasteiger partial charge is 0.395 e. The number of amides is 2. The zero-order valence-corrected chi connectivity index (χ0v) is 18.4. The summed E-state index contributed by atoms with van der Waals surface area (Å²) in [6.45, 7) is 1.25. The molecule has 35 heavy (non-hydrogen) atoms. The van der Waals surface area contributed by atoms with Gasteiger partial charge >= 0.3 is 12.5 Å². The summed E-state index contributed by atoms with van der Waals surface area (Å²) in [5.41, 5.74) is -2.81. The fourth-order valence-electron chi connectivity index (χ4n) is 3.27. The maximum atomic E-state index is 13.6. The van der Waals surface area contributed by atoms with Gasteiger partial charge in [-0.1, -0.05) is 11.6 Å². The summed E-state index contributed by atoms with van der Waals surface area (Å²) < 4.78 is 76.8. The molecular formula is C20H13ClF5N5O4. The number of halogens is 6. The Balaban J connectivity index is 1.83. The van der Waals surface area contributed by atoms with Crippen LogP contribution in [-0.4, -0.2) is 39.9 Å². The normalized spacial score (nSPS) is 14.1. The monoisotopic (exact) mass is 517 g/mol. The lowest BCUT2D eigenvalue weighted by Crippen LogP contribution is -2.26. The number of alkyl halides is 5. The summed E-state index contributed by atoms with van der Waals surface area (Å²) in [5.74, 6) is -3.18. The van der Waals surface area contributed by atoms with Crippen molar-refractivity contribution >= 4 is 29.1 Å². The van der Waals surface area contributed by atoms with E-state index in [1.54, 1.807) is 0 Å². The van der Waals surface area contributed by atoms with Crippen LogP contribution in [0.4, 0.5) is 27.6 Å². The quantitative estimate of drug-likeness (QED) is 0.503. The van der Waals surface area contributed by atoms with Crippen LogP contribution in [0.1, 0.15) is 32.1 Å². The summed E-state index contributed by atoms with van der Waals surface area (Å²) in [6.07, 6.45) is -7.72. The molecule has 1 aromatic carbocycles. The highest BCUT2D eigenvalue weighted by Gasteiger charge is 2.45. The van der Waals surface area contributed by atoms with E-state index < -0.39 is 47.2 Å². The van der Waals surface area contributed by atoms with Gasteiger partial charge < -0.3 is 20.1 Å². The van der Waals surface area contributed by atoms with Crippen LogP contribution < -0.4 is 20.1 Å². The molecule has 0 saturated heterocycles. The summed E-state index contributed by atoms with van der Waals surface area (Å²) in [5, 5.41) is 7.86. The van der Waals surface area contributed by atoms with Crippen molar-refractivity contribution in [3.63, 3.8) is 0 Å². The zero-order chi connectivity index (χ0) is 25.7. The molecule has 9 nitrogen and oxygen atoms in total. The minimum absolute atomic E-state index is 0.106. The molecule has 184 valence electrons. The van der Waals surface area contributed by atoms with Crippen LogP contribution in [0, 0.1) is 6.92 Å². The highest BCUT2D eigenvalue weighted by atomic mass is 35.5. The van der Waals surface area contributed by atoms with Crippen LogP contribution in [0.2, 0.25) is 5.02 Å². The van der Waals surface area contributed by atoms with E-state index in [-0.39, 0.29) is 27.7 Å². The number of fused-ring (bicyclic) bond motifs is 1. The molecule has 15 heteroatoms. The zero-order valence-electron chi connectivity index (χ0n) is 17.6. The van der Waals surface area contributed by atoms with Crippen molar-refractivity contribution in [3.8, 4) is 17.3 Å². The van der Waals surface area contributed by atoms with Crippen LogP contribution >= 0.6 is 11.6 Å². The number of pyridine rings is 1. The second-order valence-electron chi connectivity index (χ2n) is 7.09. The highest BCUT2D eigenvalue weighted by Crippen LogP contribution is 2.47. The molecule has 0 aliphatic carbocycles. The summed E-state index contributed by atoms with van der Waals surface area (Å²) >= 11 is 6.03. The predicted octanol–water partition coefficient (Wildman–Crippen LogP) is 4.18. The first-order chi connectivity index (χ1) is 16.3. The van der Waals surface area contributed by atoms with Gasteiger partial charge in [-0.2, -0.15) is 18.3 Å². The average molecular weight is 518 g/mol. The second-order valence-corrected chi connectivity index (χ2v) is 7.49. The lowest BCUT2D eigenvalue weighted by Gasteiger charge is -2.15. The van der Waals surface area contributed by atoms with Gasteiger partial charge in [0, 0.05) is 24.9 Å². The number of hydrogen-bond donors (Lipinski definition) is 2. The Hall–Kier alpha value is -3.94. The van der Waals surface area contributed by atoms with Crippen LogP contribution in [0.25, 0.3) is 5.82 Å². The van der Waals surface area contributed by atoms with Crippen LogP contribution in [0.5, 0.6) is 11.5 Å².